The maximum Gasteiger partial charge on any atom is 0.165 e. The third-order valence-corrected chi connectivity index (χ3v) is 12.6. The lowest BCUT2D eigenvalue weighted by atomic mass is 9.92. The van der Waals surface area contributed by atoms with Crippen molar-refractivity contribution < 1.29 is 0 Å². The van der Waals surface area contributed by atoms with Crippen LogP contribution in [0.25, 0.3) is 88.0 Å². The van der Waals surface area contributed by atoms with Crippen LogP contribution in [0, 0.1) is 0 Å². The summed E-state index contributed by atoms with van der Waals surface area (Å²) in [5, 5.41) is 2.22. The van der Waals surface area contributed by atoms with E-state index in [4.69, 9.17) is 29.9 Å². The van der Waals surface area contributed by atoms with E-state index in [0.29, 0.717) is 29.1 Å². The molecule has 0 saturated carbocycles. The Balaban J connectivity index is 1.03. The number of nitrogens with zero attached hydrogens (tertiary/aromatic N) is 6. The lowest BCUT2D eigenvalue weighted by molar-refractivity contribution is 0.758. The number of fused-ring (bicyclic) bond motifs is 3. The summed E-state index contributed by atoms with van der Waals surface area (Å²) in [5.74, 6) is 4.07. The first kappa shape index (κ1) is 36.6. The Morgan fingerprint density at radius 2 is 1.02 bits per heavy atom. The summed E-state index contributed by atoms with van der Waals surface area (Å²) in [7, 11) is 0. The number of hydrogen-bond acceptors (Lipinski definition) is 7. The number of allylic oxidation sites excluding steroid dienone is 8. The van der Waals surface area contributed by atoms with Crippen molar-refractivity contribution in [2.24, 2.45) is 0 Å². The first-order chi connectivity index (χ1) is 30.2. The van der Waals surface area contributed by atoms with Crippen LogP contribution in [0.3, 0.4) is 0 Å². The van der Waals surface area contributed by atoms with Crippen LogP contribution in [0.2, 0.25) is 0 Å². The van der Waals surface area contributed by atoms with Crippen molar-refractivity contribution in [2.45, 2.75) is 25.2 Å². The predicted molar refractivity (Wildman–Crippen MR) is 251 cm³/mol. The van der Waals surface area contributed by atoms with Gasteiger partial charge in [0.25, 0.3) is 0 Å². The van der Waals surface area contributed by atoms with Gasteiger partial charge in [0.1, 0.15) is 5.82 Å². The van der Waals surface area contributed by atoms with Gasteiger partial charge in [-0.1, -0.05) is 176 Å². The topological polar surface area (TPSA) is 77.3 Å². The molecule has 1 atom stereocenters. The van der Waals surface area contributed by atoms with E-state index in [1.807, 2.05) is 36.4 Å². The third kappa shape index (κ3) is 7.19. The number of rotatable bonds is 8. The monoisotopic (exact) mass is 802 g/mol. The van der Waals surface area contributed by atoms with Crippen LogP contribution < -0.4 is 0 Å². The summed E-state index contributed by atoms with van der Waals surface area (Å²) in [6, 6.07) is 52.4. The van der Waals surface area contributed by atoms with Crippen LogP contribution in [0.15, 0.2) is 188 Å². The van der Waals surface area contributed by atoms with Crippen molar-refractivity contribution >= 4 is 42.7 Å². The number of hydrogen-bond donors (Lipinski definition) is 0. The van der Waals surface area contributed by atoms with E-state index >= 15 is 0 Å². The minimum atomic E-state index is 0.0255. The zero-order chi connectivity index (χ0) is 40.5. The van der Waals surface area contributed by atoms with Crippen molar-refractivity contribution in [3.05, 3.63) is 205 Å². The van der Waals surface area contributed by atoms with Gasteiger partial charge in [0, 0.05) is 53.9 Å². The summed E-state index contributed by atoms with van der Waals surface area (Å²) in [4.78, 5) is 31.0. The molecule has 61 heavy (non-hydrogen) atoms. The molecule has 3 aromatic heterocycles. The average Bonchev–Trinajstić information content (AvgIpc) is 3.74. The van der Waals surface area contributed by atoms with E-state index in [-0.39, 0.29) is 5.92 Å². The molecular weight excluding hydrogens is 765 g/mol. The van der Waals surface area contributed by atoms with E-state index in [0.717, 1.165) is 78.6 Å². The maximum absolute atomic E-state index is 5.27. The van der Waals surface area contributed by atoms with E-state index < -0.39 is 0 Å². The Labute approximate surface area is 358 Å². The standard InChI is InChI=1S/C54H38N6S/c1-5-15-35(16-6-1)37-27-31-41(32-28-37)51-55-49(39-19-9-3-10-20-39)57-53(58-51)44-24-14-26-46-47(44)43-23-13-25-45(48(43)61-46)54-59-50(40-21-11-4-12-22-40)56-52(60-54)42-33-29-38(30-34-42)36-17-7-2-8-18-36/h1-2,4-9,11-31,33-34,41H,3,10,32H2. The largest absolute Gasteiger partial charge is 0.212 e. The fraction of sp³-hybridized carbons (Fsp3) is 0.0741. The molecule has 6 nitrogen and oxygen atoms in total. The number of thiophene rings is 1. The molecule has 290 valence electrons. The molecule has 9 aromatic rings. The number of aromatic nitrogens is 6. The maximum atomic E-state index is 5.27. The van der Waals surface area contributed by atoms with Gasteiger partial charge in [0.15, 0.2) is 29.1 Å². The second-order valence-corrected chi connectivity index (χ2v) is 16.3. The lowest BCUT2D eigenvalue weighted by Gasteiger charge is -2.17. The quantitative estimate of drug-likeness (QED) is 0.152. The molecular formula is C54H38N6S. The van der Waals surface area contributed by atoms with Crippen molar-refractivity contribution in [1.82, 2.24) is 29.9 Å². The van der Waals surface area contributed by atoms with Crippen molar-refractivity contribution in [1.29, 1.82) is 0 Å². The summed E-state index contributed by atoms with van der Waals surface area (Å²) in [6.45, 7) is 0. The van der Waals surface area contributed by atoms with Gasteiger partial charge in [0.05, 0.1) is 0 Å². The van der Waals surface area contributed by atoms with Gasteiger partial charge in [-0.15, -0.1) is 11.3 Å². The molecule has 3 heterocycles. The third-order valence-electron chi connectivity index (χ3n) is 11.4. The zero-order valence-electron chi connectivity index (χ0n) is 33.2. The predicted octanol–water partition coefficient (Wildman–Crippen LogP) is 13.6. The van der Waals surface area contributed by atoms with Crippen molar-refractivity contribution in [2.75, 3.05) is 0 Å². The highest BCUT2D eigenvalue weighted by Gasteiger charge is 2.23. The van der Waals surface area contributed by atoms with Gasteiger partial charge in [-0.2, -0.15) is 0 Å². The highest BCUT2D eigenvalue weighted by atomic mass is 32.1. The van der Waals surface area contributed by atoms with Crippen molar-refractivity contribution in [3.63, 3.8) is 0 Å². The lowest BCUT2D eigenvalue weighted by Crippen LogP contribution is -2.10. The molecule has 0 spiro atoms. The van der Waals surface area contributed by atoms with Crippen LogP contribution >= 0.6 is 11.3 Å². The summed E-state index contributed by atoms with van der Waals surface area (Å²) in [5.41, 5.74) is 9.57. The van der Waals surface area contributed by atoms with Crippen LogP contribution in [0.1, 0.15) is 42.4 Å². The normalized spacial score (nSPS) is 14.9. The van der Waals surface area contributed by atoms with Crippen LogP contribution in [0.5, 0.6) is 0 Å². The zero-order valence-corrected chi connectivity index (χ0v) is 34.0. The Kier molecular flexibility index (Phi) is 9.56. The molecule has 0 radical (unpaired) electrons. The molecule has 7 heteroatoms. The van der Waals surface area contributed by atoms with E-state index in [1.54, 1.807) is 11.3 Å². The highest BCUT2D eigenvalue weighted by molar-refractivity contribution is 7.26. The first-order valence-corrected chi connectivity index (χ1v) is 21.5. The van der Waals surface area contributed by atoms with E-state index in [2.05, 4.69) is 152 Å². The van der Waals surface area contributed by atoms with Gasteiger partial charge >= 0.3 is 0 Å². The summed E-state index contributed by atoms with van der Waals surface area (Å²) in [6.07, 6.45) is 16.1. The Morgan fingerprint density at radius 1 is 0.426 bits per heavy atom. The summed E-state index contributed by atoms with van der Waals surface area (Å²) < 4.78 is 2.24. The molecule has 2 aliphatic carbocycles. The van der Waals surface area contributed by atoms with Crippen LogP contribution in [-0.4, -0.2) is 29.9 Å². The number of benzene rings is 6. The fourth-order valence-corrected chi connectivity index (χ4v) is 9.48. The Morgan fingerprint density at radius 3 is 1.72 bits per heavy atom. The molecule has 11 rings (SSSR count). The Hall–Kier alpha value is -7.48. The molecule has 0 bridgehead atoms. The molecule has 6 aromatic carbocycles. The van der Waals surface area contributed by atoms with Gasteiger partial charge < -0.3 is 0 Å². The average molecular weight is 803 g/mol. The second-order valence-electron chi connectivity index (χ2n) is 15.3. The van der Waals surface area contributed by atoms with Crippen LogP contribution in [0.4, 0.5) is 0 Å². The van der Waals surface area contributed by atoms with Gasteiger partial charge in [-0.05, 0) is 53.7 Å². The van der Waals surface area contributed by atoms with Crippen LogP contribution in [-0.2, 0) is 0 Å². The Bertz CT molecular complexity index is 3200. The van der Waals surface area contributed by atoms with E-state index in [1.165, 1.54) is 16.7 Å². The molecule has 0 aliphatic heterocycles. The smallest absolute Gasteiger partial charge is 0.165 e. The molecule has 2 aliphatic rings. The molecule has 0 saturated heterocycles. The van der Waals surface area contributed by atoms with Gasteiger partial charge in [-0.3, -0.25) is 0 Å². The minimum absolute atomic E-state index is 0.0255. The fourth-order valence-electron chi connectivity index (χ4n) is 8.24. The SMILES string of the molecule is C1=CC(c2nc(-c3cccc4sc5c(-c6nc(-c7ccccc7)nc(-c7ccc(-c8ccccc8)cc7)n6)cccc5c34)nc(C3C=CC(c4ccccc4)=CC3)n2)=CCC1. The van der Waals surface area contributed by atoms with Crippen molar-refractivity contribution in [3.8, 4) is 56.7 Å². The molecule has 0 amide bonds. The van der Waals surface area contributed by atoms with Gasteiger partial charge in [-0.25, -0.2) is 29.9 Å². The van der Waals surface area contributed by atoms with E-state index in [9.17, 15) is 0 Å². The second kappa shape index (κ2) is 15.9. The molecule has 1 unspecified atom stereocenters. The molecule has 0 N–H and O–H groups in total. The summed E-state index contributed by atoms with van der Waals surface area (Å²) >= 11 is 1.74. The molecule has 0 fully saturated rings. The highest BCUT2D eigenvalue weighted by Crippen LogP contribution is 2.44. The first-order valence-electron chi connectivity index (χ1n) is 20.7. The van der Waals surface area contributed by atoms with Gasteiger partial charge in [0.2, 0.25) is 0 Å². The minimum Gasteiger partial charge on any atom is -0.212 e.